The van der Waals surface area contributed by atoms with E-state index < -0.39 is 0 Å². The van der Waals surface area contributed by atoms with Gasteiger partial charge >= 0.3 is 0 Å². The summed E-state index contributed by atoms with van der Waals surface area (Å²) in [7, 11) is 0. The van der Waals surface area contributed by atoms with E-state index in [0.29, 0.717) is 19.4 Å². The first-order valence-corrected chi connectivity index (χ1v) is 8.87. The van der Waals surface area contributed by atoms with Gasteiger partial charge in [-0.05, 0) is 42.0 Å². The number of nitrogens with one attached hydrogen (secondary N) is 2. The standard InChI is InChI=1S/C21H25N3O/c1-2-15-7-5-8-18-17(14-24-21(15)18)12-13-23-20(25)11-10-16-6-3-4-9-19(16)22/h3-9,14,24H,2,10-13,22H2,1H3,(H,23,25). The molecule has 130 valence electrons. The third-order valence-corrected chi connectivity index (χ3v) is 4.66. The molecule has 0 aliphatic carbocycles. The average Bonchev–Trinajstić information content (AvgIpc) is 3.04. The highest BCUT2D eigenvalue weighted by Gasteiger charge is 2.08. The van der Waals surface area contributed by atoms with Crippen LogP contribution in [-0.4, -0.2) is 17.4 Å². The molecule has 0 atom stereocenters. The van der Waals surface area contributed by atoms with Crippen molar-refractivity contribution in [2.45, 2.75) is 32.6 Å². The number of amides is 1. The van der Waals surface area contributed by atoms with Crippen LogP contribution in [0.1, 0.15) is 30.0 Å². The van der Waals surface area contributed by atoms with Gasteiger partial charge in [0.15, 0.2) is 0 Å². The normalized spacial score (nSPS) is 10.9. The fourth-order valence-corrected chi connectivity index (χ4v) is 3.21. The monoisotopic (exact) mass is 335 g/mol. The number of hydrogen-bond donors (Lipinski definition) is 3. The van der Waals surface area contributed by atoms with Gasteiger partial charge in [-0.15, -0.1) is 0 Å². The lowest BCUT2D eigenvalue weighted by Gasteiger charge is -2.07. The van der Waals surface area contributed by atoms with Gasteiger partial charge in [0.2, 0.25) is 5.91 Å². The molecule has 0 unspecified atom stereocenters. The Morgan fingerprint density at radius 3 is 2.64 bits per heavy atom. The maximum atomic E-state index is 12.1. The minimum Gasteiger partial charge on any atom is -0.399 e. The van der Waals surface area contributed by atoms with Crippen molar-refractivity contribution in [3.8, 4) is 0 Å². The Kier molecular flexibility index (Phi) is 5.39. The highest BCUT2D eigenvalue weighted by atomic mass is 16.1. The molecular formula is C21H25N3O. The Hall–Kier alpha value is -2.75. The van der Waals surface area contributed by atoms with Gasteiger partial charge < -0.3 is 16.0 Å². The van der Waals surface area contributed by atoms with Crippen LogP contribution in [0.5, 0.6) is 0 Å². The molecule has 3 aromatic rings. The highest BCUT2D eigenvalue weighted by molar-refractivity contribution is 5.86. The number of carbonyl (C=O) groups is 1. The van der Waals surface area contributed by atoms with Crippen LogP contribution in [0.3, 0.4) is 0 Å². The molecule has 3 rings (SSSR count). The average molecular weight is 335 g/mol. The van der Waals surface area contributed by atoms with Gasteiger partial charge in [-0.25, -0.2) is 0 Å². The van der Waals surface area contributed by atoms with Crippen molar-refractivity contribution in [1.29, 1.82) is 0 Å². The molecule has 2 aromatic carbocycles. The van der Waals surface area contributed by atoms with Gasteiger partial charge in [0, 0.05) is 35.8 Å². The van der Waals surface area contributed by atoms with E-state index in [0.717, 1.165) is 24.1 Å². The van der Waals surface area contributed by atoms with Crippen LogP contribution in [0.25, 0.3) is 10.9 Å². The number of aromatic nitrogens is 1. The number of H-pyrrole nitrogens is 1. The smallest absolute Gasteiger partial charge is 0.220 e. The molecule has 0 aliphatic rings. The van der Waals surface area contributed by atoms with Gasteiger partial charge in [-0.2, -0.15) is 0 Å². The summed E-state index contributed by atoms with van der Waals surface area (Å²) >= 11 is 0. The molecule has 0 spiro atoms. The summed E-state index contributed by atoms with van der Waals surface area (Å²) in [5.41, 5.74) is 11.5. The Morgan fingerprint density at radius 2 is 1.84 bits per heavy atom. The second kappa shape index (κ2) is 7.88. The summed E-state index contributed by atoms with van der Waals surface area (Å²) in [5.74, 6) is 0.0670. The minimum atomic E-state index is 0.0670. The van der Waals surface area contributed by atoms with Crippen molar-refractivity contribution in [2.24, 2.45) is 0 Å². The number of aromatic amines is 1. The van der Waals surface area contributed by atoms with E-state index in [1.807, 2.05) is 24.3 Å². The summed E-state index contributed by atoms with van der Waals surface area (Å²) in [6.45, 7) is 2.81. The van der Waals surface area contributed by atoms with Crippen LogP contribution in [0.2, 0.25) is 0 Å². The molecular weight excluding hydrogens is 310 g/mol. The summed E-state index contributed by atoms with van der Waals surface area (Å²) in [6, 6.07) is 14.1. The number of para-hydroxylation sites is 2. The van der Waals surface area contributed by atoms with Crippen LogP contribution in [0.15, 0.2) is 48.7 Å². The zero-order valence-corrected chi connectivity index (χ0v) is 14.6. The molecule has 1 aromatic heterocycles. The number of fused-ring (bicyclic) bond motifs is 1. The van der Waals surface area contributed by atoms with Crippen molar-refractivity contribution < 1.29 is 4.79 Å². The predicted molar refractivity (Wildman–Crippen MR) is 104 cm³/mol. The molecule has 1 amide bonds. The third-order valence-electron chi connectivity index (χ3n) is 4.66. The lowest BCUT2D eigenvalue weighted by atomic mass is 10.1. The van der Waals surface area contributed by atoms with E-state index in [1.54, 1.807) is 0 Å². The van der Waals surface area contributed by atoms with Crippen LogP contribution < -0.4 is 11.1 Å². The van der Waals surface area contributed by atoms with E-state index in [-0.39, 0.29) is 5.91 Å². The van der Waals surface area contributed by atoms with E-state index in [2.05, 4.69) is 41.6 Å². The van der Waals surface area contributed by atoms with Gasteiger partial charge in [0.25, 0.3) is 0 Å². The SMILES string of the molecule is CCc1cccc2c(CCNC(=O)CCc3ccccc3N)c[nH]c12. The van der Waals surface area contributed by atoms with Crippen LogP contribution in [-0.2, 0) is 24.1 Å². The summed E-state index contributed by atoms with van der Waals surface area (Å²) in [5, 5.41) is 4.27. The fraction of sp³-hybridized carbons (Fsp3) is 0.286. The van der Waals surface area contributed by atoms with E-state index in [1.165, 1.54) is 22.0 Å². The molecule has 4 N–H and O–H groups in total. The van der Waals surface area contributed by atoms with Crippen LogP contribution >= 0.6 is 0 Å². The summed E-state index contributed by atoms with van der Waals surface area (Å²) in [6.07, 6.45) is 5.03. The van der Waals surface area contributed by atoms with Gasteiger partial charge in [-0.3, -0.25) is 4.79 Å². The number of carbonyl (C=O) groups excluding carboxylic acids is 1. The zero-order valence-electron chi connectivity index (χ0n) is 14.6. The number of hydrogen-bond acceptors (Lipinski definition) is 2. The van der Waals surface area contributed by atoms with Gasteiger partial charge in [-0.1, -0.05) is 43.3 Å². The molecule has 0 saturated heterocycles. The molecule has 0 aliphatic heterocycles. The topological polar surface area (TPSA) is 70.9 Å². The first kappa shape index (κ1) is 17.1. The number of aryl methyl sites for hydroxylation is 2. The molecule has 0 radical (unpaired) electrons. The van der Waals surface area contributed by atoms with Crippen molar-refractivity contribution >= 4 is 22.5 Å². The first-order valence-electron chi connectivity index (χ1n) is 8.87. The lowest BCUT2D eigenvalue weighted by Crippen LogP contribution is -2.25. The van der Waals surface area contributed by atoms with Crippen molar-refractivity contribution in [2.75, 3.05) is 12.3 Å². The molecule has 0 fully saturated rings. The fourth-order valence-electron chi connectivity index (χ4n) is 3.21. The third kappa shape index (κ3) is 4.02. The number of anilines is 1. The molecule has 0 bridgehead atoms. The van der Waals surface area contributed by atoms with Crippen molar-refractivity contribution in [3.63, 3.8) is 0 Å². The zero-order chi connectivity index (χ0) is 17.6. The number of nitrogens with two attached hydrogens (primary N) is 1. The predicted octanol–water partition coefficient (Wildman–Crippen LogP) is 3.60. The minimum absolute atomic E-state index is 0.0670. The Labute approximate surface area is 148 Å². The van der Waals surface area contributed by atoms with E-state index >= 15 is 0 Å². The van der Waals surface area contributed by atoms with Crippen LogP contribution in [0, 0.1) is 0 Å². The number of rotatable bonds is 7. The lowest BCUT2D eigenvalue weighted by molar-refractivity contribution is -0.121. The maximum absolute atomic E-state index is 12.1. The molecule has 0 saturated carbocycles. The number of nitrogen functional groups attached to an aromatic ring is 1. The van der Waals surface area contributed by atoms with Gasteiger partial charge in [0.1, 0.15) is 0 Å². The van der Waals surface area contributed by atoms with E-state index in [9.17, 15) is 4.79 Å². The summed E-state index contributed by atoms with van der Waals surface area (Å²) < 4.78 is 0. The summed E-state index contributed by atoms with van der Waals surface area (Å²) in [4.78, 5) is 15.4. The van der Waals surface area contributed by atoms with Gasteiger partial charge in [0.05, 0.1) is 0 Å². The Morgan fingerprint density at radius 1 is 1.04 bits per heavy atom. The molecule has 25 heavy (non-hydrogen) atoms. The molecule has 4 nitrogen and oxygen atoms in total. The van der Waals surface area contributed by atoms with E-state index in [4.69, 9.17) is 5.73 Å². The quantitative estimate of drug-likeness (QED) is 0.577. The largest absolute Gasteiger partial charge is 0.399 e. The highest BCUT2D eigenvalue weighted by Crippen LogP contribution is 2.22. The Balaban J connectivity index is 1.51. The Bertz CT molecular complexity index is 866. The maximum Gasteiger partial charge on any atom is 0.220 e. The van der Waals surface area contributed by atoms with Crippen molar-refractivity contribution in [3.05, 3.63) is 65.4 Å². The van der Waals surface area contributed by atoms with Crippen molar-refractivity contribution in [1.82, 2.24) is 10.3 Å². The first-order chi connectivity index (χ1) is 12.2. The number of benzene rings is 2. The second-order valence-electron chi connectivity index (χ2n) is 6.31. The van der Waals surface area contributed by atoms with Crippen LogP contribution in [0.4, 0.5) is 5.69 Å². The molecule has 4 heteroatoms. The molecule has 1 heterocycles. The second-order valence-corrected chi connectivity index (χ2v) is 6.31.